The van der Waals surface area contributed by atoms with E-state index in [1.165, 1.54) is 32.6 Å². The highest BCUT2D eigenvalue weighted by atomic mass is 16.3. The number of piperidine rings is 1. The third-order valence-electron chi connectivity index (χ3n) is 4.57. The SMILES string of the molecule is CC.OC1CCC1.OC1CCN(CCN2CCNCC2)CC1. The van der Waals surface area contributed by atoms with E-state index in [1.54, 1.807) is 0 Å². The first kappa shape index (κ1) is 19.8. The van der Waals surface area contributed by atoms with Gasteiger partial charge in [0.2, 0.25) is 0 Å². The number of hydrogen-bond acceptors (Lipinski definition) is 5. The molecule has 3 rings (SSSR count). The van der Waals surface area contributed by atoms with E-state index in [1.807, 2.05) is 13.8 Å². The lowest BCUT2D eigenvalue weighted by Crippen LogP contribution is -2.47. The van der Waals surface area contributed by atoms with Crippen LogP contribution in [0.15, 0.2) is 0 Å². The Morgan fingerprint density at radius 1 is 0.773 bits per heavy atom. The molecule has 5 heteroatoms. The summed E-state index contributed by atoms with van der Waals surface area (Å²) in [6.45, 7) is 13.2. The lowest BCUT2D eigenvalue weighted by atomic mass is 9.97. The summed E-state index contributed by atoms with van der Waals surface area (Å²) in [4.78, 5) is 5.01. The first-order valence-electron chi connectivity index (χ1n) is 9.25. The maximum atomic E-state index is 9.40. The minimum atomic E-state index is -0.0413. The van der Waals surface area contributed by atoms with E-state index in [9.17, 15) is 5.11 Å². The highest BCUT2D eigenvalue weighted by Gasteiger charge is 2.17. The van der Waals surface area contributed by atoms with Crippen molar-refractivity contribution in [2.75, 3.05) is 52.4 Å². The van der Waals surface area contributed by atoms with Gasteiger partial charge >= 0.3 is 0 Å². The smallest absolute Gasteiger partial charge is 0.0564 e. The monoisotopic (exact) mass is 315 g/mol. The Balaban J connectivity index is 0.000000289. The van der Waals surface area contributed by atoms with E-state index < -0.39 is 0 Å². The fourth-order valence-corrected chi connectivity index (χ4v) is 2.75. The van der Waals surface area contributed by atoms with Crippen molar-refractivity contribution in [2.45, 2.75) is 58.2 Å². The molecule has 2 saturated heterocycles. The van der Waals surface area contributed by atoms with Gasteiger partial charge in [-0.1, -0.05) is 13.8 Å². The summed E-state index contributed by atoms with van der Waals surface area (Å²) in [5, 5.41) is 21.2. The van der Waals surface area contributed by atoms with Crippen LogP contribution in [-0.2, 0) is 0 Å². The minimum Gasteiger partial charge on any atom is -0.393 e. The molecule has 5 nitrogen and oxygen atoms in total. The topological polar surface area (TPSA) is 59.0 Å². The maximum absolute atomic E-state index is 9.40. The van der Waals surface area contributed by atoms with Crippen molar-refractivity contribution in [1.82, 2.24) is 15.1 Å². The van der Waals surface area contributed by atoms with Gasteiger partial charge in [-0.25, -0.2) is 0 Å². The molecule has 1 aliphatic carbocycles. The largest absolute Gasteiger partial charge is 0.393 e. The molecule has 3 aliphatic rings. The van der Waals surface area contributed by atoms with E-state index in [4.69, 9.17) is 5.11 Å². The van der Waals surface area contributed by atoms with E-state index in [0.29, 0.717) is 0 Å². The lowest BCUT2D eigenvalue weighted by Gasteiger charge is -2.33. The van der Waals surface area contributed by atoms with Gasteiger partial charge in [-0.05, 0) is 32.1 Å². The van der Waals surface area contributed by atoms with Gasteiger partial charge in [-0.3, -0.25) is 4.90 Å². The molecule has 3 N–H and O–H groups in total. The molecule has 0 spiro atoms. The first-order chi connectivity index (χ1) is 10.7. The first-order valence-corrected chi connectivity index (χ1v) is 9.25. The van der Waals surface area contributed by atoms with E-state index in [0.717, 1.165) is 51.9 Å². The fraction of sp³-hybridized carbons (Fsp3) is 1.00. The standard InChI is InChI=1S/C11H23N3O.C4H8O.C2H6/c15-11-1-5-13(6-2-11)9-10-14-7-3-12-4-8-14;5-4-2-1-3-4;1-2/h11-12,15H,1-10H2;4-5H,1-3H2;1-2H3. The summed E-state index contributed by atoms with van der Waals surface area (Å²) < 4.78 is 0. The summed E-state index contributed by atoms with van der Waals surface area (Å²) in [7, 11) is 0. The molecule has 0 unspecified atom stereocenters. The Bertz CT molecular complexity index is 248. The summed E-state index contributed by atoms with van der Waals surface area (Å²) >= 11 is 0. The Morgan fingerprint density at radius 2 is 1.18 bits per heavy atom. The molecule has 0 radical (unpaired) electrons. The van der Waals surface area contributed by atoms with Crippen molar-refractivity contribution in [3.05, 3.63) is 0 Å². The van der Waals surface area contributed by atoms with Crippen molar-refractivity contribution >= 4 is 0 Å². The molecule has 0 aromatic rings. The number of nitrogens with zero attached hydrogens (tertiary/aromatic N) is 2. The molecular formula is C17H37N3O2. The van der Waals surface area contributed by atoms with Crippen LogP contribution in [0.3, 0.4) is 0 Å². The molecule has 0 atom stereocenters. The van der Waals surface area contributed by atoms with Gasteiger partial charge in [-0.2, -0.15) is 0 Å². The Morgan fingerprint density at radius 3 is 1.59 bits per heavy atom. The van der Waals surface area contributed by atoms with Crippen molar-refractivity contribution in [1.29, 1.82) is 0 Å². The molecule has 0 aromatic carbocycles. The lowest BCUT2D eigenvalue weighted by molar-refractivity contribution is 0.0757. The van der Waals surface area contributed by atoms with Gasteiger partial charge in [-0.15, -0.1) is 0 Å². The third kappa shape index (κ3) is 8.44. The highest BCUT2D eigenvalue weighted by molar-refractivity contribution is 4.74. The Hall–Kier alpha value is -0.200. The molecule has 1 saturated carbocycles. The zero-order valence-electron chi connectivity index (χ0n) is 14.6. The number of likely N-dealkylation sites (tertiary alicyclic amines) is 1. The van der Waals surface area contributed by atoms with Crippen LogP contribution < -0.4 is 5.32 Å². The van der Waals surface area contributed by atoms with Crippen LogP contribution in [0.5, 0.6) is 0 Å². The van der Waals surface area contributed by atoms with Gasteiger partial charge < -0.3 is 20.4 Å². The number of nitrogens with one attached hydrogen (secondary N) is 1. The zero-order valence-corrected chi connectivity index (χ0v) is 14.6. The van der Waals surface area contributed by atoms with Crippen molar-refractivity contribution in [3.63, 3.8) is 0 Å². The normalized spacial score (nSPS) is 24.5. The average Bonchev–Trinajstić information content (AvgIpc) is 2.56. The molecule has 2 heterocycles. The van der Waals surface area contributed by atoms with Crippen LogP contribution in [0.2, 0.25) is 0 Å². The van der Waals surface area contributed by atoms with Gasteiger partial charge in [0.1, 0.15) is 0 Å². The van der Waals surface area contributed by atoms with Crippen LogP contribution in [0.1, 0.15) is 46.0 Å². The molecular weight excluding hydrogens is 278 g/mol. The minimum absolute atomic E-state index is 0.0413. The summed E-state index contributed by atoms with van der Waals surface area (Å²) in [6, 6.07) is 0. The van der Waals surface area contributed by atoms with Gasteiger partial charge in [0.25, 0.3) is 0 Å². The molecule has 2 aliphatic heterocycles. The molecule has 0 aromatic heterocycles. The summed E-state index contributed by atoms with van der Waals surface area (Å²) in [6.07, 6.45) is 5.26. The number of piperazine rings is 1. The highest BCUT2D eigenvalue weighted by Crippen LogP contribution is 2.16. The predicted molar refractivity (Wildman–Crippen MR) is 92.2 cm³/mol. The molecule has 0 amide bonds. The number of rotatable bonds is 3. The van der Waals surface area contributed by atoms with Gasteiger partial charge in [0, 0.05) is 52.4 Å². The fourth-order valence-electron chi connectivity index (χ4n) is 2.75. The Kier molecular flexibility index (Phi) is 11.1. The van der Waals surface area contributed by atoms with Crippen LogP contribution in [-0.4, -0.2) is 84.6 Å². The van der Waals surface area contributed by atoms with Crippen molar-refractivity contribution in [3.8, 4) is 0 Å². The predicted octanol–water partition coefficient (Wildman–Crippen LogP) is 0.906. The molecule has 22 heavy (non-hydrogen) atoms. The maximum Gasteiger partial charge on any atom is 0.0564 e. The molecule has 3 fully saturated rings. The van der Waals surface area contributed by atoms with Gasteiger partial charge in [0.05, 0.1) is 12.2 Å². The van der Waals surface area contributed by atoms with Crippen LogP contribution in [0.4, 0.5) is 0 Å². The van der Waals surface area contributed by atoms with Crippen LogP contribution >= 0.6 is 0 Å². The van der Waals surface area contributed by atoms with Crippen molar-refractivity contribution in [2.24, 2.45) is 0 Å². The number of hydrogen-bond donors (Lipinski definition) is 3. The number of aliphatic hydroxyl groups is 2. The number of aliphatic hydroxyl groups excluding tert-OH is 2. The third-order valence-corrected chi connectivity index (χ3v) is 4.57. The average molecular weight is 316 g/mol. The van der Waals surface area contributed by atoms with Gasteiger partial charge in [0.15, 0.2) is 0 Å². The summed E-state index contributed by atoms with van der Waals surface area (Å²) in [5.41, 5.74) is 0. The zero-order chi connectivity index (χ0) is 16.2. The van der Waals surface area contributed by atoms with E-state index in [2.05, 4.69) is 15.1 Å². The second-order valence-corrected chi connectivity index (χ2v) is 6.25. The second kappa shape index (κ2) is 12.3. The van der Waals surface area contributed by atoms with Crippen molar-refractivity contribution < 1.29 is 10.2 Å². The van der Waals surface area contributed by atoms with Crippen LogP contribution in [0, 0.1) is 0 Å². The van der Waals surface area contributed by atoms with Crippen LogP contribution in [0.25, 0.3) is 0 Å². The molecule has 0 bridgehead atoms. The quantitative estimate of drug-likeness (QED) is 0.723. The Labute approximate surface area is 136 Å². The molecule has 132 valence electrons. The second-order valence-electron chi connectivity index (χ2n) is 6.25. The summed E-state index contributed by atoms with van der Waals surface area (Å²) in [5.74, 6) is 0. The van der Waals surface area contributed by atoms with E-state index in [-0.39, 0.29) is 12.2 Å². The van der Waals surface area contributed by atoms with E-state index >= 15 is 0 Å².